The van der Waals surface area contributed by atoms with Crippen LogP contribution in [0.2, 0.25) is 0 Å². The SMILES string of the molecule is CSCCC(NS(=O)(=O)c1ccccc1)C(=O)NC1CCNCC1C. The molecule has 0 aliphatic carbocycles. The fourth-order valence-corrected chi connectivity index (χ4v) is 4.57. The molecule has 1 fully saturated rings. The van der Waals surface area contributed by atoms with Crippen LogP contribution in [0.25, 0.3) is 0 Å². The molecule has 3 N–H and O–H groups in total. The highest BCUT2D eigenvalue weighted by Crippen LogP contribution is 2.13. The predicted molar refractivity (Wildman–Crippen MR) is 102 cm³/mol. The topological polar surface area (TPSA) is 87.3 Å². The lowest BCUT2D eigenvalue weighted by molar-refractivity contribution is -0.124. The van der Waals surface area contributed by atoms with Crippen LogP contribution in [0.1, 0.15) is 19.8 Å². The first-order chi connectivity index (χ1) is 11.9. The first-order valence-electron chi connectivity index (χ1n) is 8.51. The van der Waals surface area contributed by atoms with Gasteiger partial charge in [-0.25, -0.2) is 8.42 Å². The summed E-state index contributed by atoms with van der Waals surface area (Å²) in [6, 6.07) is 7.47. The van der Waals surface area contributed by atoms with Crippen LogP contribution in [0.5, 0.6) is 0 Å². The average Bonchev–Trinajstić information content (AvgIpc) is 2.61. The first kappa shape index (κ1) is 20.2. The monoisotopic (exact) mass is 385 g/mol. The summed E-state index contributed by atoms with van der Waals surface area (Å²) in [5, 5.41) is 6.33. The van der Waals surface area contributed by atoms with Crippen molar-refractivity contribution in [3.63, 3.8) is 0 Å². The van der Waals surface area contributed by atoms with Gasteiger partial charge in [-0.3, -0.25) is 4.79 Å². The quantitative estimate of drug-likeness (QED) is 0.626. The van der Waals surface area contributed by atoms with Crippen LogP contribution in [-0.2, 0) is 14.8 Å². The Morgan fingerprint density at radius 1 is 1.36 bits per heavy atom. The Kier molecular flexibility index (Phi) is 7.74. The van der Waals surface area contributed by atoms with E-state index in [1.54, 1.807) is 30.0 Å². The molecule has 3 unspecified atom stereocenters. The average molecular weight is 386 g/mol. The van der Waals surface area contributed by atoms with E-state index in [2.05, 4.69) is 22.3 Å². The molecule has 0 radical (unpaired) electrons. The summed E-state index contributed by atoms with van der Waals surface area (Å²) in [7, 11) is -3.72. The number of amides is 1. The Balaban J connectivity index is 2.08. The van der Waals surface area contributed by atoms with Crippen molar-refractivity contribution in [3.8, 4) is 0 Å². The van der Waals surface area contributed by atoms with Crippen molar-refractivity contribution in [2.24, 2.45) is 5.92 Å². The molecule has 25 heavy (non-hydrogen) atoms. The largest absolute Gasteiger partial charge is 0.352 e. The molecule has 6 nitrogen and oxygen atoms in total. The zero-order valence-corrected chi connectivity index (χ0v) is 16.3. The third-order valence-electron chi connectivity index (χ3n) is 4.39. The maximum absolute atomic E-state index is 12.7. The molecule has 1 aromatic carbocycles. The molecule has 1 aliphatic rings. The highest BCUT2D eigenvalue weighted by atomic mass is 32.2. The van der Waals surface area contributed by atoms with E-state index >= 15 is 0 Å². The highest BCUT2D eigenvalue weighted by Gasteiger charge is 2.29. The van der Waals surface area contributed by atoms with Crippen molar-refractivity contribution < 1.29 is 13.2 Å². The van der Waals surface area contributed by atoms with E-state index in [0.29, 0.717) is 18.1 Å². The smallest absolute Gasteiger partial charge is 0.241 e. The molecule has 0 aromatic heterocycles. The summed E-state index contributed by atoms with van der Waals surface area (Å²) < 4.78 is 27.7. The van der Waals surface area contributed by atoms with Gasteiger partial charge in [0.15, 0.2) is 0 Å². The third-order valence-corrected chi connectivity index (χ3v) is 6.52. The van der Waals surface area contributed by atoms with Gasteiger partial charge in [0.25, 0.3) is 0 Å². The predicted octanol–water partition coefficient (Wildman–Crippen LogP) is 1.20. The minimum absolute atomic E-state index is 0.0757. The molecule has 0 bridgehead atoms. The van der Waals surface area contributed by atoms with Gasteiger partial charge in [-0.15, -0.1) is 0 Å². The molecule has 140 valence electrons. The second-order valence-corrected chi connectivity index (χ2v) is 9.05. The second-order valence-electron chi connectivity index (χ2n) is 6.35. The standard InChI is InChI=1S/C17H27N3O3S2/c1-13-12-18-10-8-15(13)19-17(21)16(9-11-24-2)20-25(22,23)14-6-4-3-5-7-14/h3-7,13,15-16,18,20H,8-12H2,1-2H3,(H,19,21). The van der Waals surface area contributed by atoms with Crippen molar-refractivity contribution in [1.29, 1.82) is 0 Å². The Morgan fingerprint density at radius 2 is 2.08 bits per heavy atom. The van der Waals surface area contributed by atoms with Crippen LogP contribution >= 0.6 is 11.8 Å². The molecule has 3 atom stereocenters. The number of rotatable bonds is 8. The molecular weight excluding hydrogens is 358 g/mol. The van der Waals surface area contributed by atoms with Crippen molar-refractivity contribution >= 4 is 27.7 Å². The van der Waals surface area contributed by atoms with Gasteiger partial charge in [0.2, 0.25) is 15.9 Å². The van der Waals surface area contributed by atoms with Crippen molar-refractivity contribution in [2.75, 3.05) is 25.1 Å². The lowest BCUT2D eigenvalue weighted by Crippen LogP contribution is -2.54. The van der Waals surface area contributed by atoms with Crippen molar-refractivity contribution in [2.45, 2.75) is 36.7 Å². The van der Waals surface area contributed by atoms with Gasteiger partial charge in [-0.2, -0.15) is 16.5 Å². The number of carbonyl (C=O) groups is 1. The number of hydrogen-bond acceptors (Lipinski definition) is 5. The Bertz CT molecular complexity index is 652. The minimum Gasteiger partial charge on any atom is -0.352 e. The third kappa shape index (κ3) is 5.99. The summed E-state index contributed by atoms with van der Waals surface area (Å²) in [5.74, 6) is 0.786. The lowest BCUT2D eigenvalue weighted by Gasteiger charge is -2.31. The maximum atomic E-state index is 12.7. The molecule has 1 heterocycles. The number of nitrogens with one attached hydrogen (secondary N) is 3. The molecule has 1 saturated heterocycles. The molecule has 1 amide bonds. The van der Waals surface area contributed by atoms with Gasteiger partial charge in [-0.05, 0) is 56.0 Å². The van der Waals surface area contributed by atoms with Crippen LogP contribution in [-0.4, -0.2) is 51.5 Å². The Labute approximate surface area is 154 Å². The maximum Gasteiger partial charge on any atom is 0.241 e. The van der Waals surface area contributed by atoms with Crippen LogP contribution in [0.3, 0.4) is 0 Å². The van der Waals surface area contributed by atoms with E-state index in [-0.39, 0.29) is 16.8 Å². The van der Waals surface area contributed by atoms with E-state index in [4.69, 9.17) is 0 Å². The molecule has 0 spiro atoms. The Hall–Kier alpha value is -1.09. The number of piperidine rings is 1. The van der Waals surface area contributed by atoms with Crippen LogP contribution in [0, 0.1) is 5.92 Å². The first-order valence-corrected chi connectivity index (χ1v) is 11.4. The van der Waals surface area contributed by atoms with Gasteiger partial charge in [0.05, 0.1) is 4.90 Å². The van der Waals surface area contributed by atoms with Gasteiger partial charge >= 0.3 is 0 Å². The summed E-state index contributed by atoms with van der Waals surface area (Å²) in [6.07, 6.45) is 3.25. The van der Waals surface area contributed by atoms with Gasteiger partial charge in [0, 0.05) is 6.04 Å². The fourth-order valence-electron chi connectivity index (χ4n) is 2.85. The summed E-state index contributed by atoms with van der Waals surface area (Å²) in [4.78, 5) is 12.9. The molecule has 8 heteroatoms. The second kappa shape index (κ2) is 9.56. The van der Waals surface area contributed by atoms with E-state index in [1.165, 1.54) is 12.1 Å². The van der Waals surface area contributed by atoms with Crippen LogP contribution in [0.4, 0.5) is 0 Å². The minimum atomic E-state index is -3.72. The van der Waals surface area contributed by atoms with Gasteiger partial charge in [0.1, 0.15) is 6.04 Å². The number of benzene rings is 1. The number of hydrogen-bond donors (Lipinski definition) is 3. The van der Waals surface area contributed by atoms with Crippen molar-refractivity contribution in [3.05, 3.63) is 30.3 Å². The van der Waals surface area contributed by atoms with E-state index in [1.807, 2.05) is 6.26 Å². The highest BCUT2D eigenvalue weighted by molar-refractivity contribution is 7.98. The zero-order chi connectivity index (χ0) is 18.3. The molecule has 1 aliphatic heterocycles. The zero-order valence-electron chi connectivity index (χ0n) is 14.7. The van der Waals surface area contributed by atoms with E-state index < -0.39 is 16.1 Å². The summed E-state index contributed by atoms with van der Waals surface area (Å²) in [6.45, 7) is 3.80. The van der Waals surface area contributed by atoms with E-state index in [0.717, 1.165) is 19.5 Å². The summed E-state index contributed by atoms with van der Waals surface area (Å²) >= 11 is 1.59. The Morgan fingerprint density at radius 3 is 2.72 bits per heavy atom. The fraction of sp³-hybridized carbons (Fsp3) is 0.588. The molecular formula is C17H27N3O3S2. The van der Waals surface area contributed by atoms with Crippen LogP contribution in [0.15, 0.2) is 35.2 Å². The summed E-state index contributed by atoms with van der Waals surface area (Å²) in [5.41, 5.74) is 0. The van der Waals surface area contributed by atoms with E-state index in [9.17, 15) is 13.2 Å². The molecule has 0 saturated carbocycles. The number of thioether (sulfide) groups is 1. The number of carbonyl (C=O) groups excluding carboxylic acids is 1. The number of sulfonamides is 1. The van der Waals surface area contributed by atoms with Crippen LogP contribution < -0.4 is 15.4 Å². The van der Waals surface area contributed by atoms with Gasteiger partial charge in [-0.1, -0.05) is 25.1 Å². The molecule has 1 aromatic rings. The van der Waals surface area contributed by atoms with Gasteiger partial charge < -0.3 is 10.6 Å². The normalized spacial score (nSPS) is 22.3. The lowest BCUT2D eigenvalue weighted by atomic mass is 9.95. The van der Waals surface area contributed by atoms with Crippen molar-refractivity contribution in [1.82, 2.24) is 15.4 Å². The molecule has 2 rings (SSSR count).